The highest BCUT2D eigenvalue weighted by molar-refractivity contribution is 5.99. The molecule has 0 atom stereocenters. The number of nitrogens with zero attached hydrogens (tertiary/aromatic N) is 1. The second kappa shape index (κ2) is 4.50. The van der Waals surface area contributed by atoms with E-state index in [2.05, 4.69) is 10.5 Å². The monoisotopic (exact) mass is 194 g/mol. The topological polar surface area (TPSA) is 41.5 Å². The fraction of sp³-hybridized carbons (Fsp3) is 0.200. The fourth-order valence-electron chi connectivity index (χ4n) is 0.941. The summed E-state index contributed by atoms with van der Waals surface area (Å²) in [5, 5.41) is 3.79. The number of carbonyl (C=O) groups is 1. The molecule has 1 amide bonds. The Hall–Kier alpha value is -1.71. The van der Waals surface area contributed by atoms with Gasteiger partial charge in [0.1, 0.15) is 5.82 Å². The van der Waals surface area contributed by atoms with E-state index in [4.69, 9.17) is 0 Å². The predicted molar refractivity (Wildman–Crippen MR) is 52.4 cm³/mol. The summed E-state index contributed by atoms with van der Waals surface area (Å²) < 4.78 is 12.8. The van der Waals surface area contributed by atoms with Gasteiger partial charge < -0.3 is 0 Å². The van der Waals surface area contributed by atoms with Gasteiger partial charge in [-0.2, -0.15) is 5.10 Å². The van der Waals surface area contributed by atoms with Crippen molar-refractivity contribution in [1.82, 2.24) is 5.43 Å². The average molecular weight is 194 g/mol. The minimum absolute atomic E-state index is 0.249. The van der Waals surface area contributed by atoms with Crippen molar-refractivity contribution in [1.29, 1.82) is 0 Å². The minimum Gasteiger partial charge on any atom is -0.274 e. The van der Waals surface area contributed by atoms with Crippen LogP contribution in [0.1, 0.15) is 19.4 Å². The van der Waals surface area contributed by atoms with Crippen molar-refractivity contribution in [2.24, 2.45) is 5.10 Å². The first-order valence-corrected chi connectivity index (χ1v) is 4.16. The molecule has 0 aliphatic carbocycles. The summed E-state index contributed by atoms with van der Waals surface area (Å²) in [6, 6.07) is 6.04. The molecule has 0 saturated carbocycles. The zero-order valence-corrected chi connectivity index (χ0v) is 8.04. The number of nitrogens with one attached hydrogen (secondary N) is 1. The molecule has 1 N–H and O–H groups in total. The molecule has 0 aliphatic heterocycles. The van der Waals surface area contributed by atoms with Crippen LogP contribution < -0.4 is 5.43 Å². The summed E-state index contributed by atoms with van der Waals surface area (Å²) >= 11 is 0. The largest absolute Gasteiger partial charge is 0.274 e. The SMILES string of the molecule is CC(=O)N/N=C(/C)c1cccc(F)c1. The first-order chi connectivity index (χ1) is 6.59. The number of amides is 1. The van der Waals surface area contributed by atoms with Gasteiger partial charge in [-0.1, -0.05) is 12.1 Å². The first kappa shape index (κ1) is 10.4. The van der Waals surface area contributed by atoms with E-state index in [1.807, 2.05) is 0 Å². The lowest BCUT2D eigenvalue weighted by Crippen LogP contribution is -2.15. The number of carbonyl (C=O) groups excluding carboxylic acids is 1. The number of halogens is 1. The van der Waals surface area contributed by atoms with Crippen molar-refractivity contribution in [3.8, 4) is 0 Å². The van der Waals surface area contributed by atoms with Crippen LogP contribution in [0, 0.1) is 5.82 Å². The molecule has 0 heterocycles. The molecule has 0 aliphatic rings. The van der Waals surface area contributed by atoms with E-state index in [0.29, 0.717) is 11.3 Å². The van der Waals surface area contributed by atoms with Crippen LogP contribution in [0.4, 0.5) is 4.39 Å². The van der Waals surface area contributed by atoms with Gasteiger partial charge in [0.05, 0.1) is 5.71 Å². The maximum absolute atomic E-state index is 12.8. The molecule has 3 nitrogen and oxygen atoms in total. The molecule has 4 heteroatoms. The summed E-state index contributed by atoms with van der Waals surface area (Å²) in [5.41, 5.74) is 3.51. The first-order valence-electron chi connectivity index (χ1n) is 4.16. The Kier molecular flexibility index (Phi) is 3.34. The van der Waals surface area contributed by atoms with Gasteiger partial charge in [0, 0.05) is 12.5 Å². The lowest BCUT2D eigenvalue weighted by atomic mass is 10.1. The number of benzene rings is 1. The van der Waals surface area contributed by atoms with Crippen LogP contribution in [0.25, 0.3) is 0 Å². The van der Waals surface area contributed by atoms with Crippen LogP contribution in [-0.2, 0) is 4.79 Å². The maximum atomic E-state index is 12.8. The van der Waals surface area contributed by atoms with Crippen molar-refractivity contribution < 1.29 is 9.18 Å². The smallest absolute Gasteiger partial charge is 0.236 e. The molecule has 0 spiro atoms. The molecule has 0 radical (unpaired) electrons. The van der Waals surface area contributed by atoms with E-state index in [9.17, 15) is 9.18 Å². The highest BCUT2D eigenvalue weighted by Crippen LogP contribution is 2.04. The van der Waals surface area contributed by atoms with Gasteiger partial charge in [0.15, 0.2) is 0 Å². The van der Waals surface area contributed by atoms with Gasteiger partial charge in [-0.3, -0.25) is 4.79 Å². The Labute approximate surface area is 81.6 Å². The van der Waals surface area contributed by atoms with Gasteiger partial charge in [0.25, 0.3) is 0 Å². The molecular weight excluding hydrogens is 183 g/mol. The van der Waals surface area contributed by atoms with Gasteiger partial charge >= 0.3 is 0 Å². The molecule has 0 fully saturated rings. The third-order valence-electron chi connectivity index (χ3n) is 1.62. The molecular formula is C10H11FN2O. The molecule has 0 bridgehead atoms. The summed E-state index contributed by atoms with van der Waals surface area (Å²) in [4.78, 5) is 10.6. The van der Waals surface area contributed by atoms with E-state index in [1.54, 1.807) is 19.1 Å². The zero-order chi connectivity index (χ0) is 10.6. The number of hydrogen-bond acceptors (Lipinski definition) is 2. The number of hydrazone groups is 1. The summed E-state index contributed by atoms with van der Waals surface area (Å²) in [5.74, 6) is -0.569. The molecule has 14 heavy (non-hydrogen) atoms. The van der Waals surface area contributed by atoms with Crippen LogP contribution in [0.3, 0.4) is 0 Å². The van der Waals surface area contributed by atoms with Crippen LogP contribution in [0.15, 0.2) is 29.4 Å². The van der Waals surface area contributed by atoms with E-state index < -0.39 is 0 Å². The third kappa shape index (κ3) is 2.97. The van der Waals surface area contributed by atoms with Crippen LogP contribution in [0.5, 0.6) is 0 Å². The zero-order valence-electron chi connectivity index (χ0n) is 8.04. The van der Waals surface area contributed by atoms with Crippen molar-refractivity contribution in [2.75, 3.05) is 0 Å². The van der Waals surface area contributed by atoms with Crippen LogP contribution >= 0.6 is 0 Å². The van der Waals surface area contributed by atoms with Gasteiger partial charge in [-0.25, -0.2) is 9.82 Å². The second-order valence-corrected chi connectivity index (χ2v) is 2.88. The molecule has 0 aromatic heterocycles. The summed E-state index contributed by atoms with van der Waals surface area (Å²) in [6.07, 6.45) is 0. The average Bonchev–Trinajstić information content (AvgIpc) is 2.14. The second-order valence-electron chi connectivity index (χ2n) is 2.88. The molecule has 1 rings (SSSR count). The third-order valence-corrected chi connectivity index (χ3v) is 1.62. The molecule has 74 valence electrons. The Morgan fingerprint density at radius 2 is 2.14 bits per heavy atom. The quantitative estimate of drug-likeness (QED) is 0.565. The van der Waals surface area contributed by atoms with E-state index in [1.165, 1.54) is 19.1 Å². The Bertz CT molecular complexity index is 374. The highest BCUT2D eigenvalue weighted by Gasteiger charge is 1.98. The Balaban J connectivity index is 2.83. The maximum Gasteiger partial charge on any atom is 0.236 e. The molecule has 0 unspecified atom stereocenters. The normalized spacial score (nSPS) is 11.2. The number of rotatable bonds is 2. The summed E-state index contributed by atoms with van der Waals surface area (Å²) in [6.45, 7) is 3.06. The fourth-order valence-corrected chi connectivity index (χ4v) is 0.941. The van der Waals surface area contributed by atoms with E-state index in [-0.39, 0.29) is 11.7 Å². The highest BCUT2D eigenvalue weighted by atomic mass is 19.1. The molecule has 0 saturated heterocycles. The molecule has 1 aromatic rings. The number of hydrogen-bond donors (Lipinski definition) is 1. The van der Waals surface area contributed by atoms with Crippen molar-refractivity contribution in [3.05, 3.63) is 35.6 Å². The van der Waals surface area contributed by atoms with Crippen LogP contribution in [0.2, 0.25) is 0 Å². The van der Waals surface area contributed by atoms with Gasteiger partial charge in [-0.15, -0.1) is 0 Å². The van der Waals surface area contributed by atoms with E-state index in [0.717, 1.165) is 0 Å². The van der Waals surface area contributed by atoms with E-state index >= 15 is 0 Å². The molecule has 1 aromatic carbocycles. The Morgan fingerprint density at radius 3 is 2.71 bits per heavy atom. The van der Waals surface area contributed by atoms with Crippen molar-refractivity contribution in [2.45, 2.75) is 13.8 Å². The lowest BCUT2D eigenvalue weighted by molar-refractivity contribution is -0.118. The minimum atomic E-state index is -0.320. The standard InChI is InChI=1S/C10H11FN2O/c1-7(12-13-8(2)14)9-4-3-5-10(11)6-9/h3-6H,1-2H3,(H,13,14)/b12-7-. The lowest BCUT2D eigenvalue weighted by Gasteiger charge is -2.00. The Morgan fingerprint density at radius 1 is 1.43 bits per heavy atom. The predicted octanol–water partition coefficient (Wildman–Crippen LogP) is 1.69. The van der Waals surface area contributed by atoms with Gasteiger partial charge in [-0.05, 0) is 19.1 Å². The summed E-state index contributed by atoms with van der Waals surface area (Å²) in [7, 11) is 0. The van der Waals surface area contributed by atoms with Gasteiger partial charge in [0.2, 0.25) is 5.91 Å². The van der Waals surface area contributed by atoms with Crippen LogP contribution in [-0.4, -0.2) is 11.6 Å². The van der Waals surface area contributed by atoms with Crippen molar-refractivity contribution >= 4 is 11.6 Å². The van der Waals surface area contributed by atoms with Crippen molar-refractivity contribution in [3.63, 3.8) is 0 Å².